The van der Waals surface area contributed by atoms with Crippen LogP contribution in [0.25, 0.3) is 0 Å². The number of fused-ring (bicyclic) bond motifs is 6. The van der Waals surface area contributed by atoms with Gasteiger partial charge < -0.3 is 4.74 Å². The molecule has 0 bridgehead atoms. The molecule has 0 aromatic rings. The van der Waals surface area contributed by atoms with Crippen molar-refractivity contribution in [1.29, 1.82) is 0 Å². The van der Waals surface area contributed by atoms with Crippen LogP contribution in [0.2, 0.25) is 0 Å². The highest BCUT2D eigenvalue weighted by Crippen LogP contribution is 2.75. The molecule has 5 rings (SSSR count). The molecule has 0 heterocycles. The van der Waals surface area contributed by atoms with E-state index >= 15 is 0 Å². The van der Waals surface area contributed by atoms with Crippen LogP contribution in [0.3, 0.4) is 0 Å². The second-order valence-corrected chi connectivity index (χ2v) is 15.4. The first kappa shape index (κ1) is 25.6. The van der Waals surface area contributed by atoms with E-state index < -0.39 is 0 Å². The monoisotopic (exact) mass is 480 g/mol. The van der Waals surface area contributed by atoms with Crippen molar-refractivity contribution in [2.24, 2.45) is 44.3 Å². The van der Waals surface area contributed by atoms with E-state index in [1.165, 1.54) is 64.2 Å². The number of ether oxygens (including phenoxy) is 1. The molecule has 2 nitrogen and oxygen atoms in total. The summed E-state index contributed by atoms with van der Waals surface area (Å²) in [5, 5.41) is 0. The highest BCUT2D eigenvalue weighted by molar-refractivity contribution is 5.66. The van der Waals surface area contributed by atoms with Crippen LogP contribution in [0.5, 0.6) is 0 Å². The molecule has 35 heavy (non-hydrogen) atoms. The van der Waals surface area contributed by atoms with Gasteiger partial charge in [-0.25, -0.2) is 0 Å². The van der Waals surface area contributed by atoms with Crippen LogP contribution in [-0.2, 0) is 9.53 Å². The van der Waals surface area contributed by atoms with Crippen LogP contribution in [-0.4, -0.2) is 12.1 Å². The first-order chi connectivity index (χ1) is 16.2. The fourth-order valence-corrected chi connectivity index (χ4v) is 10.9. The van der Waals surface area contributed by atoms with Crippen LogP contribution in [0.15, 0.2) is 23.8 Å². The van der Waals surface area contributed by atoms with Crippen LogP contribution in [0.1, 0.15) is 126 Å². The van der Waals surface area contributed by atoms with E-state index in [0.717, 1.165) is 12.3 Å². The molecule has 0 amide bonds. The summed E-state index contributed by atoms with van der Waals surface area (Å²) in [7, 11) is 0. The number of carbonyl (C=O) groups is 1. The third kappa shape index (κ3) is 3.36. The number of carbonyl (C=O) groups excluding carboxylic acids is 1. The lowest BCUT2D eigenvalue weighted by atomic mass is 9.35. The zero-order valence-electron chi connectivity index (χ0n) is 24.1. The lowest BCUT2D eigenvalue weighted by Crippen LogP contribution is -2.61. The van der Waals surface area contributed by atoms with E-state index in [1.807, 2.05) is 11.1 Å². The van der Waals surface area contributed by atoms with Gasteiger partial charge in [-0.3, -0.25) is 4.79 Å². The molecule has 2 heteroatoms. The van der Waals surface area contributed by atoms with Gasteiger partial charge in [0.15, 0.2) is 0 Å². The van der Waals surface area contributed by atoms with Crippen molar-refractivity contribution in [3.05, 3.63) is 23.8 Å². The molecule has 0 spiro atoms. The molecule has 0 radical (unpaired) electrons. The SMILES string of the molecule is C=C[C@]1(C)CC[C@]2(C)CC[C@]3(C)C4=C(CC[C@@]3(C)[C@@H]2C1)[C@@]1(C)CC[C@H](OC(C)=O)C(C)(C)[C@@H]1CC4. The third-order valence-corrected chi connectivity index (χ3v) is 13.5. The maximum atomic E-state index is 11.9. The average Bonchev–Trinajstić information content (AvgIpc) is 2.78. The van der Waals surface area contributed by atoms with Crippen molar-refractivity contribution in [2.75, 3.05) is 0 Å². The lowest BCUT2D eigenvalue weighted by Gasteiger charge is -2.69. The van der Waals surface area contributed by atoms with Gasteiger partial charge in [0.2, 0.25) is 0 Å². The van der Waals surface area contributed by atoms with Gasteiger partial charge >= 0.3 is 5.97 Å². The Bertz CT molecular complexity index is 958. The number of esters is 1. The van der Waals surface area contributed by atoms with Crippen molar-refractivity contribution in [3.8, 4) is 0 Å². The smallest absolute Gasteiger partial charge is 0.302 e. The van der Waals surface area contributed by atoms with Gasteiger partial charge in [-0.15, -0.1) is 6.58 Å². The molecule has 8 atom stereocenters. The van der Waals surface area contributed by atoms with Crippen molar-refractivity contribution >= 4 is 5.97 Å². The van der Waals surface area contributed by atoms with Gasteiger partial charge in [-0.2, -0.15) is 0 Å². The summed E-state index contributed by atoms with van der Waals surface area (Å²) in [5.41, 5.74) is 5.43. The Labute approximate surface area is 215 Å². The molecule has 5 aliphatic rings. The third-order valence-electron chi connectivity index (χ3n) is 13.5. The molecule has 0 N–H and O–H groups in total. The van der Waals surface area contributed by atoms with Gasteiger partial charge in [0.05, 0.1) is 0 Å². The van der Waals surface area contributed by atoms with E-state index in [2.05, 4.69) is 61.1 Å². The van der Waals surface area contributed by atoms with Gasteiger partial charge in [-0.05, 0) is 110 Å². The van der Waals surface area contributed by atoms with Gasteiger partial charge in [0.1, 0.15) is 6.10 Å². The molecule has 5 aliphatic carbocycles. The quantitative estimate of drug-likeness (QED) is 0.291. The normalized spacial score (nSPS) is 50.8. The standard InChI is InChI=1S/C33H52O2/c1-10-29(5)17-18-30(6)19-20-32(8)24-11-12-25-28(3,4)27(35-22(2)34)14-15-31(25,7)23(24)13-16-33(32,9)26(30)21-29/h10,25-27H,1,11-21H2,2-9H3/t25-,26+,27-,29+,30+,31+,32+,33-/m0/s1. The molecule has 3 fully saturated rings. The number of rotatable bonds is 2. The Morgan fingerprint density at radius 1 is 0.857 bits per heavy atom. The molecule has 0 saturated heterocycles. The van der Waals surface area contributed by atoms with Crippen LogP contribution in [0, 0.1) is 44.3 Å². The fourth-order valence-electron chi connectivity index (χ4n) is 10.9. The minimum Gasteiger partial charge on any atom is -0.462 e. The van der Waals surface area contributed by atoms with Crippen LogP contribution in [0.4, 0.5) is 0 Å². The zero-order valence-corrected chi connectivity index (χ0v) is 24.1. The molecule has 0 unspecified atom stereocenters. The van der Waals surface area contributed by atoms with E-state index in [4.69, 9.17) is 4.74 Å². The average molecular weight is 481 g/mol. The van der Waals surface area contributed by atoms with Gasteiger partial charge in [0, 0.05) is 12.3 Å². The number of hydrogen-bond acceptors (Lipinski definition) is 2. The first-order valence-corrected chi connectivity index (χ1v) is 14.7. The van der Waals surface area contributed by atoms with Crippen molar-refractivity contribution in [3.63, 3.8) is 0 Å². The molecule has 0 aliphatic heterocycles. The van der Waals surface area contributed by atoms with Crippen LogP contribution >= 0.6 is 0 Å². The highest BCUT2D eigenvalue weighted by Gasteiger charge is 2.66. The second-order valence-electron chi connectivity index (χ2n) is 15.4. The molecular weight excluding hydrogens is 428 g/mol. The van der Waals surface area contributed by atoms with Gasteiger partial charge in [-0.1, -0.05) is 65.7 Å². The molecule has 0 aromatic heterocycles. The fraction of sp³-hybridized carbons (Fsp3) is 0.848. The molecule has 3 saturated carbocycles. The second kappa shape index (κ2) is 7.73. The largest absolute Gasteiger partial charge is 0.462 e. The summed E-state index contributed by atoms with van der Waals surface area (Å²) < 4.78 is 5.90. The zero-order chi connectivity index (χ0) is 25.7. The Morgan fingerprint density at radius 2 is 1.54 bits per heavy atom. The summed E-state index contributed by atoms with van der Waals surface area (Å²) >= 11 is 0. The molecule has 196 valence electrons. The number of allylic oxidation sites excluding steroid dienone is 3. The topological polar surface area (TPSA) is 26.3 Å². The van der Waals surface area contributed by atoms with E-state index in [1.54, 1.807) is 6.92 Å². The minimum absolute atomic E-state index is 0.0269. The van der Waals surface area contributed by atoms with Gasteiger partial charge in [0.25, 0.3) is 0 Å². The van der Waals surface area contributed by atoms with Crippen molar-refractivity contribution in [1.82, 2.24) is 0 Å². The summed E-state index contributed by atoms with van der Waals surface area (Å²) in [6, 6.07) is 0. The Kier molecular flexibility index (Phi) is 5.65. The van der Waals surface area contributed by atoms with Crippen molar-refractivity contribution in [2.45, 2.75) is 132 Å². The Morgan fingerprint density at radius 3 is 2.20 bits per heavy atom. The van der Waals surface area contributed by atoms with E-state index in [0.29, 0.717) is 27.6 Å². The summed E-state index contributed by atoms with van der Waals surface area (Å²) in [4.78, 5) is 11.9. The predicted octanol–water partition coefficient (Wildman–Crippen LogP) is 9.05. The maximum absolute atomic E-state index is 11.9. The number of hydrogen-bond donors (Lipinski definition) is 0. The lowest BCUT2D eigenvalue weighted by molar-refractivity contribution is -0.170. The molecular formula is C33H52O2. The highest BCUT2D eigenvalue weighted by atomic mass is 16.5. The van der Waals surface area contributed by atoms with E-state index in [-0.39, 0.29) is 22.9 Å². The van der Waals surface area contributed by atoms with Crippen molar-refractivity contribution < 1.29 is 9.53 Å². The van der Waals surface area contributed by atoms with Crippen LogP contribution < -0.4 is 0 Å². The molecule has 0 aromatic carbocycles. The summed E-state index contributed by atoms with van der Waals surface area (Å²) in [6.45, 7) is 23.7. The maximum Gasteiger partial charge on any atom is 0.302 e. The Balaban J connectivity index is 1.54. The summed E-state index contributed by atoms with van der Waals surface area (Å²) in [5.74, 6) is 1.25. The first-order valence-electron chi connectivity index (χ1n) is 14.7. The summed E-state index contributed by atoms with van der Waals surface area (Å²) in [6.07, 6.45) is 16.4. The predicted molar refractivity (Wildman–Crippen MR) is 145 cm³/mol. The minimum atomic E-state index is -0.118. The Hall–Kier alpha value is -1.05. The van der Waals surface area contributed by atoms with E-state index in [9.17, 15) is 4.79 Å².